The van der Waals surface area contributed by atoms with Gasteiger partial charge in [-0.25, -0.2) is 4.39 Å². The zero-order valence-corrected chi connectivity index (χ0v) is 13.1. The van der Waals surface area contributed by atoms with Crippen LogP contribution in [-0.2, 0) is 6.61 Å². The predicted molar refractivity (Wildman–Crippen MR) is 88.6 cm³/mol. The number of hydrogen-bond donors (Lipinski definition) is 1. The number of rotatable bonds is 5. The molecule has 0 radical (unpaired) electrons. The number of carbonyl (C=O) groups excluding carboxylic acids is 1. The lowest BCUT2D eigenvalue weighted by molar-refractivity contribution is 0.0992. The molecule has 5 heteroatoms. The number of amides is 1. The van der Waals surface area contributed by atoms with Gasteiger partial charge in [0.2, 0.25) is 0 Å². The van der Waals surface area contributed by atoms with Crippen molar-refractivity contribution in [3.8, 4) is 5.75 Å². The van der Waals surface area contributed by atoms with Crippen molar-refractivity contribution in [3.05, 3.63) is 83.6 Å². The number of ether oxygens (including phenoxy) is 1. The van der Waals surface area contributed by atoms with Gasteiger partial charge in [0.05, 0.1) is 0 Å². The van der Waals surface area contributed by atoms with E-state index in [-0.39, 0.29) is 24.1 Å². The molecule has 3 rings (SSSR count). The van der Waals surface area contributed by atoms with Crippen LogP contribution in [0, 0.1) is 12.7 Å². The van der Waals surface area contributed by atoms with Gasteiger partial charge in [-0.15, -0.1) is 0 Å². The fraction of sp³-hybridized carbons (Fsp3) is 0.105. The molecule has 1 aromatic heterocycles. The third-order valence-corrected chi connectivity index (χ3v) is 3.36. The molecule has 4 nitrogen and oxygen atoms in total. The zero-order chi connectivity index (χ0) is 16.9. The van der Waals surface area contributed by atoms with Crippen molar-refractivity contribution in [3.63, 3.8) is 0 Å². The van der Waals surface area contributed by atoms with Gasteiger partial charge in [0.1, 0.15) is 23.9 Å². The number of hydrogen-bond acceptors (Lipinski definition) is 3. The number of halogens is 1. The van der Waals surface area contributed by atoms with E-state index in [4.69, 9.17) is 9.15 Å². The summed E-state index contributed by atoms with van der Waals surface area (Å²) in [6, 6.07) is 16.5. The van der Waals surface area contributed by atoms with Crippen LogP contribution in [-0.4, -0.2) is 5.91 Å². The third kappa shape index (κ3) is 4.01. The monoisotopic (exact) mass is 325 g/mol. The van der Waals surface area contributed by atoms with Gasteiger partial charge in [-0.2, -0.15) is 0 Å². The highest BCUT2D eigenvalue weighted by Crippen LogP contribution is 2.16. The van der Waals surface area contributed by atoms with Crippen molar-refractivity contribution in [2.75, 3.05) is 5.32 Å². The minimum Gasteiger partial charge on any atom is -0.486 e. The molecule has 1 N–H and O–H groups in total. The Labute approximate surface area is 138 Å². The van der Waals surface area contributed by atoms with Crippen molar-refractivity contribution in [1.29, 1.82) is 0 Å². The Hall–Kier alpha value is -3.08. The molecular formula is C19H16FNO3. The Morgan fingerprint density at radius 1 is 1.12 bits per heavy atom. The van der Waals surface area contributed by atoms with Crippen molar-refractivity contribution in [2.45, 2.75) is 13.5 Å². The lowest BCUT2D eigenvalue weighted by Gasteiger charge is -2.05. The van der Waals surface area contributed by atoms with Crippen LogP contribution < -0.4 is 10.1 Å². The van der Waals surface area contributed by atoms with Crippen molar-refractivity contribution >= 4 is 11.6 Å². The van der Waals surface area contributed by atoms with Gasteiger partial charge >= 0.3 is 0 Å². The van der Waals surface area contributed by atoms with Crippen LogP contribution in [0.4, 0.5) is 10.1 Å². The van der Waals surface area contributed by atoms with E-state index in [0.29, 0.717) is 17.2 Å². The second-order valence-electron chi connectivity index (χ2n) is 5.33. The summed E-state index contributed by atoms with van der Waals surface area (Å²) in [5.74, 6) is 0.588. The standard InChI is InChI=1S/C19H16FNO3/c1-13-3-2-4-15(11-13)21-19(22)18-10-9-17(24-18)12-23-16-7-5-14(20)6-8-16/h2-11H,12H2,1H3,(H,21,22). The first-order valence-corrected chi connectivity index (χ1v) is 7.45. The van der Waals surface area contributed by atoms with E-state index >= 15 is 0 Å². The van der Waals surface area contributed by atoms with Crippen LogP contribution in [0.25, 0.3) is 0 Å². The van der Waals surface area contributed by atoms with E-state index in [1.807, 2.05) is 31.2 Å². The maximum absolute atomic E-state index is 12.8. The molecular weight excluding hydrogens is 309 g/mol. The maximum Gasteiger partial charge on any atom is 0.291 e. The summed E-state index contributed by atoms with van der Waals surface area (Å²) >= 11 is 0. The predicted octanol–water partition coefficient (Wildman–Crippen LogP) is 4.56. The Bertz CT molecular complexity index is 840. The van der Waals surface area contributed by atoms with Gasteiger partial charge < -0.3 is 14.5 Å². The molecule has 3 aromatic rings. The Morgan fingerprint density at radius 2 is 1.92 bits per heavy atom. The summed E-state index contributed by atoms with van der Waals surface area (Å²) in [5, 5.41) is 2.78. The van der Waals surface area contributed by atoms with Gasteiger partial charge in [0, 0.05) is 5.69 Å². The van der Waals surface area contributed by atoms with E-state index in [9.17, 15) is 9.18 Å². The number of benzene rings is 2. The van der Waals surface area contributed by atoms with Crippen molar-refractivity contribution in [2.24, 2.45) is 0 Å². The summed E-state index contributed by atoms with van der Waals surface area (Å²) in [7, 11) is 0. The summed E-state index contributed by atoms with van der Waals surface area (Å²) in [4.78, 5) is 12.2. The molecule has 24 heavy (non-hydrogen) atoms. The van der Waals surface area contributed by atoms with Crippen molar-refractivity contribution < 1.29 is 18.3 Å². The van der Waals surface area contributed by atoms with Crippen LogP contribution in [0.2, 0.25) is 0 Å². The zero-order valence-electron chi connectivity index (χ0n) is 13.1. The molecule has 0 unspecified atom stereocenters. The van der Waals surface area contributed by atoms with E-state index in [2.05, 4.69) is 5.32 Å². The van der Waals surface area contributed by atoms with Crippen LogP contribution in [0.1, 0.15) is 21.9 Å². The molecule has 0 aliphatic rings. The third-order valence-electron chi connectivity index (χ3n) is 3.36. The fourth-order valence-electron chi connectivity index (χ4n) is 2.18. The minimum absolute atomic E-state index is 0.156. The van der Waals surface area contributed by atoms with Gasteiger partial charge in [-0.3, -0.25) is 4.79 Å². The van der Waals surface area contributed by atoms with E-state index in [1.165, 1.54) is 24.3 Å². The molecule has 1 amide bonds. The Kier molecular flexibility index (Phi) is 4.61. The first-order valence-electron chi connectivity index (χ1n) is 7.45. The summed E-state index contributed by atoms with van der Waals surface area (Å²) in [6.45, 7) is 2.11. The van der Waals surface area contributed by atoms with Crippen LogP contribution in [0.5, 0.6) is 5.75 Å². The van der Waals surface area contributed by atoms with Crippen LogP contribution in [0.15, 0.2) is 65.1 Å². The molecule has 1 heterocycles. The van der Waals surface area contributed by atoms with Gasteiger partial charge in [0.15, 0.2) is 5.76 Å². The molecule has 0 bridgehead atoms. The summed E-state index contributed by atoms with van der Waals surface area (Å²) < 4.78 is 23.8. The summed E-state index contributed by atoms with van der Waals surface area (Å²) in [6.07, 6.45) is 0. The molecule has 0 fully saturated rings. The number of aryl methyl sites for hydroxylation is 1. The highest BCUT2D eigenvalue weighted by molar-refractivity contribution is 6.02. The summed E-state index contributed by atoms with van der Waals surface area (Å²) in [5.41, 5.74) is 1.76. The Balaban J connectivity index is 1.60. The molecule has 0 aliphatic carbocycles. The molecule has 0 aliphatic heterocycles. The van der Waals surface area contributed by atoms with Gasteiger partial charge in [0.25, 0.3) is 5.91 Å². The van der Waals surface area contributed by atoms with Crippen molar-refractivity contribution in [1.82, 2.24) is 0 Å². The maximum atomic E-state index is 12.8. The fourth-order valence-corrected chi connectivity index (χ4v) is 2.18. The van der Waals surface area contributed by atoms with Crippen LogP contribution >= 0.6 is 0 Å². The topological polar surface area (TPSA) is 51.5 Å². The lowest BCUT2D eigenvalue weighted by Crippen LogP contribution is -2.10. The molecule has 122 valence electrons. The molecule has 0 saturated heterocycles. The second-order valence-corrected chi connectivity index (χ2v) is 5.33. The second kappa shape index (κ2) is 7.00. The minimum atomic E-state index is -0.325. The average Bonchev–Trinajstić information content (AvgIpc) is 3.03. The van der Waals surface area contributed by atoms with Gasteiger partial charge in [-0.1, -0.05) is 12.1 Å². The number of furan rings is 1. The highest BCUT2D eigenvalue weighted by atomic mass is 19.1. The average molecular weight is 325 g/mol. The van der Waals surface area contributed by atoms with E-state index in [1.54, 1.807) is 12.1 Å². The molecule has 0 saturated carbocycles. The largest absolute Gasteiger partial charge is 0.486 e. The first kappa shape index (κ1) is 15.8. The lowest BCUT2D eigenvalue weighted by atomic mass is 10.2. The van der Waals surface area contributed by atoms with E-state index in [0.717, 1.165) is 5.56 Å². The number of nitrogens with one attached hydrogen (secondary N) is 1. The normalized spacial score (nSPS) is 10.4. The SMILES string of the molecule is Cc1cccc(NC(=O)c2ccc(COc3ccc(F)cc3)o2)c1. The number of carbonyl (C=O) groups is 1. The van der Waals surface area contributed by atoms with E-state index < -0.39 is 0 Å². The first-order chi connectivity index (χ1) is 11.6. The quantitative estimate of drug-likeness (QED) is 0.748. The number of anilines is 1. The Morgan fingerprint density at radius 3 is 2.67 bits per heavy atom. The van der Waals surface area contributed by atoms with Gasteiger partial charge in [-0.05, 0) is 61.0 Å². The molecule has 0 atom stereocenters. The van der Waals surface area contributed by atoms with Crippen LogP contribution in [0.3, 0.4) is 0 Å². The smallest absolute Gasteiger partial charge is 0.291 e. The molecule has 0 spiro atoms. The highest BCUT2D eigenvalue weighted by Gasteiger charge is 2.12. The molecule has 2 aromatic carbocycles.